The van der Waals surface area contributed by atoms with Crippen molar-refractivity contribution < 1.29 is 4.74 Å². The highest BCUT2D eigenvalue weighted by atomic mass is 35.5. The van der Waals surface area contributed by atoms with Gasteiger partial charge in [0.25, 0.3) is 0 Å². The lowest BCUT2D eigenvalue weighted by molar-refractivity contribution is 0.205. The summed E-state index contributed by atoms with van der Waals surface area (Å²) in [5.41, 5.74) is 0. The molecule has 0 atom stereocenters. The van der Waals surface area contributed by atoms with Crippen LogP contribution in [0.25, 0.3) is 0 Å². The van der Waals surface area contributed by atoms with E-state index in [2.05, 4.69) is 14.3 Å². The van der Waals surface area contributed by atoms with E-state index < -0.39 is 0 Å². The Hall–Kier alpha value is -0.390. The van der Waals surface area contributed by atoms with Crippen LogP contribution in [0.5, 0.6) is 0 Å². The van der Waals surface area contributed by atoms with Crippen molar-refractivity contribution in [1.82, 2.24) is 9.36 Å². The number of hydrogen-bond donors (Lipinski definition) is 0. The predicted molar refractivity (Wildman–Crippen MR) is 54.7 cm³/mol. The number of aromatic nitrogens is 2. The fourth-order valence-corrected chi connectivity index (χ4v) is 1.70. The van der Waals surface area contributed by atoms with E-state index in [1.54, 1.807) is 13.4 Å². The van der Waals surface area contributed by atoms with Crippen LogP contribution in [0.1, 0.15) is 0 Å². The van der Waals surface area contributed by atoms with Crippen LogP contribution in [0.4, 0.5) is 5.13 Å². The summed E-state index contributed by atoms with van der Waals surface area (Å²) in [5.74, 6) is 0.587. The van der Waals surface area contributed by atoms with E-state index in [9.17, 15) is 0 Å². The number of halogens is 1. The van der Waals surface area contributed by atoms with Crippen LogP contribution in [-0.4, -0.2) is 42.0 Å². The van der Waals surface area contributed by atoms with Gasteiger partial charge in [0.1, 0.15) is 6.33 Å². The molecule has 0 unspecified atom stereocenters. The van der Waals surface area contributed by atoms with E-state index >= 15 is 0 Å². The number of nitrogens with zero attached hydrogens (tertiary/aromatic N) is 3. The molecule has 0 fully saturated rings. The van der Waals surface area contributed by atoms with E-state index in [1.807, 2.05) is 0 Å². The zero-order valence-electron chi connectivity index (χ0n) is 7.44. The average molecular weight is 222 g/mol. The van der Waals surface area contributed by atoms with Gasteiger partial charge in [-0.25, -0.2) is 4.98 Å². The van der Waals surface area contributed by atoms with E-state index in [0.717, 1.165) is 18.2 Å². The first kappa shape index (κ1) is 10.7. The Balaban J connectivity index is 2.47. The van der Waals surface area contributed by atoms with E-state index in [4.69, 9.17) is 16.3 Å². The molecule has 0 aliphatic rings. The highest BCUT2D eigenvalue weighted by Crippen LogP contribution is 2.13. The number of methoxy groups -OCH3 is 1. The third kappa shape index (κ3) is 3.46. The Bertz CT molecular complexity index is 220. The normalized spacial score (nSPS) is 10.3. The van der Waals surface area contributed by atoms with Crippen molar-refractivity contribution in [3.05, 3.63) is 6.33 Å². The SMILES string of the molecule is COCCN(CCCl)c1ncns1. The summed E-state index contributed by atoms with van der Waals surface area (Å²) in [7, 11) is 1.68. The second-order valence-electron chi connectivity index (χ2n) is 2.39. The third-order valence-corrected chi connectivity index (χ3v) is 2.44. The molecule has 0 amide bonds. The number of ether oxygens (including phenoxy) is 1. The molecular weight excluding hydrogens is 210 g/mol. The maximum Gasteiger partial charge on any atom is 0.205 e. The first-order valence-corrected chi connectivity index (χ1v) is 5.25. The van der Waals surface area contributed by atoms with E-state index in [0.29, 0.717) is 12.5 Å². The molecule has 0 aliphatic heterocycles. The quantitative estimate of drug-likeness (QED) is 0.678. The first-order chi connectivity index (χ1) is 6.38. The van der Waals surface area contributed by atoms with Crippen molar-refractivity contribution in [2.45, 2.75) is 0 Å². The third-order valence-electron chi connectivity index (χ3n) is 1.54. The van der Waals surface area contributed by atoms with Crippen LogP contribution in [0.2, 0.25) is 0 Å². The molecule has 0 bridgehead atoms. The molecule has 1 aromatic heterocycles. The predicted octanol–water partition coefficient (Wildman–Crippen LogP) is 1.23. The van der Waals surface area contributed by atoms with Crippen molar-refractivity contribution in [1.29, 1.82) is 0 Å². The van der Waals surface area contributed by atoms with Crippen LogP contribution in [-0.2, 0) is 4.74 Å². The maximum absolute atomic E-state index is 5.67. The van der Waals surface area contributed by atoms with Crippen molar-refractivity contribution >= 4 is 28.3 Å². The van der Waals surface area contributed by atoms with Gasteiger partial charge in [-0.2, -0.15) is 4.37 Å². The lowest BCUT2D eigenvalue weighted by atomic mass is 10.5. The minimum atomic E-state index is 0.587. The molecule has 0 saturated carbocycles. The molecule has 1 heterocycles. The van der Waals surface area contributed by atoms with Crippen LogP contribution in [0.3, 0.4) is 0 Å². The second-order valence-corrected chi connectivity index (χ2v) is 3.53. The molecule has 0 radical (unpaired) electrons. The lowest BCUT2D eigenvalue weighted by Crippen LogP contribution is -2.28. The summed E-state index contributed by atoms with van der Waals surface area (Å²) in [6.07, 6.45) is 1.55. The van der Waals surface area contributed by atoms with Crippen LogP contribution >= 0.6 is 23.1 Å². The van der Waals surface area contributed by atoms with Gasteiger partial charge in [-0.1, -0.05) is 0 Å². The Morgan fingerprint density at radius 2 is 2.46 bits per heavy atom. The standard InChI is InChI=1S/C7H12ClN3OS/c1-12-5-4-11(3-2-8)7-9-6-10-13-7/h6H,2-5H2,1H3. The second kappa shape index (κ2) is 6.12. The molecule has 1 aromatic rings. The van der Waals surface area contributed by atoms with Crippen molar-refractivity contribution in [3.63, 3.8) is 0 Å². The topological polar surface area (TPSA) is 38.2 Å². The monoisotopic (exact) mass is 221 g/mol. The molecule has 13 heavy (non-hydrogen) atoms. The lowest BCUT2D eigenvalue weighted by Gasteiger charge is -2.19. The van der Waals surface area contributed by atoms with Gasteiger partial charge in [0.2, 0.25) is 5.13 Å². The molecular formula is C7H12ClN3OS. The molecule has 0 aromatic carbocycles. The van der Waals surface area contributed by atoms with Crippen LogP contribution in [0, 0.1) is 0 Å². The highest BCUT2D eigenvalue weighted by Gasteiger charge is 2.07. The molecule has 0 saturated heterocycles. The van der Waals surface area contributed by atoms with E-state index in [1.165, 1.54) is 11.5 Å². The van der Waals surface area contributed by atoms with Gasteiger partial charge in [-0.05, 0) is 0 Å². The number of rotatable bonds is 6. The summed E-state index contributed by atoms with van der Waals surface area (Å²) in [6, 6.07) is 0. The molecule has 0 N–H and O–H groups in total. The summed E-state index contributed by atoms with van der Waals surface area (Å²) < 4.78 is 8.93. The number of hydrogen-bond acceptors (Lipinski definition) is 5. The highest BCUT2D eigenvalue weighted by molar-refractivity contribution is 7.09. The van der Waals surface area contributed by atoms with Crippen LogP contribution in [0.15, 0.2) is 6.33 Å². The fraction of sp³-hybridized carbons (Fsp3) is 0.714. The largest absolute Gasteiger partial charge is 0.383 e. The summed E-state index contributed by atoms with van der Waals surface area (Å²) in [4.78, 5) is 6.17. The molecule has 1 rings (SSSR count). The van der Waals surface area contributed by atoms with Gasteiger partial charge in [0.15, 0.2) is 0 Å². The number of anilines is 1. The zero-order chi connectivity index (χ0) is 9.52. The van der Waals surface area contributed by atoms with Gasteiger partial charge in [0, 0.05) is 37.6 Å². The summed E-state index contributed by atoms with van der Waals surface area (Å²) in [5, 5.41) is 0.901. The minimum Gasteiger partial charge on any atom is -0.383 e. The van der Waals surface area contributed by atoms with Gasteiger partial charge in [0.05, 0.1) is 6.61 Å². The average Bonchev–Trinajstić information content (AvgIpc) is 2.65. The number of alkyl halides is 1. The minimum absolute atomic E-state index is 0.587. The Kier molecular flexibility index (Phi) is 5.03. The molecule has 0 spiro atoms. The zero-order valence-corrected chi connectivity index (χ0v) is 9.01. The Morgan fingerprint density at radius 1 is 1.62 bits per heavy atom. The summed E-state index contributed by atoms with van der Waals surface area (Å²) >= 11 is 7.04. The van der Waals surface area contributed by atoms with E-state index in [-0.39, 0.29) is 0 Å². The molecule has 74 valence electrons. The maximum atomic E-state index is 5.67. The summed E-state index contributed by atoms with van der Waals surface area (Å²) in [6.45, 7) is 2.26. The Labute approximate surface area is 86.7 Å². The molecule has 6 heteroatoms. The molecule has 4 nitrogen and oxygen atoms in total. The van der Waals surface area contributed by atoms with Crippen molar-refractivity contribution in [2.75, 3.05) is 37.6 Å². The van der Waals surface area contributed by atoms with Crippen LogP contribution < -0.4 is 4.90 Å². The van der Waals surface area contributed by atoms with Crippen molar-refractivity contribution in [2.24, 2.45) is 0 Å². The first-order valence-electron chi connectivity index (χ1n) is 3.95. The van der Waals surface area contributed by atoms with Gasteiger partial charge >= 0.3 is 0 Å². The van der Waals surface area contributed by atoms with Gasteiger partial charge in [-0.15, -0.1) is 11.6 Å². The smallest absolute Gasteiger partial charge is 0.205 e. The van der Waals surface area contributed by atoms with Crippen molar-refractivity contribution in [3.8, 4) is 0 Å². The fourth-order valence-electron chi connectivity index (χ4n) is 0.913. The van der Waals surface area contributed by atoms with Gasteiger partial charge < -0.3 is 9.64 Å². The molecule has 0 aliphatic carbocycles. The van der Waals surface area contributed by atoms with Gasteiger partial charge in [-0.3, -0.25) is 0 Å². The Morgan fingerprint density at radius 3 is 3.00 bits per heavy atom.